The van der Waals surface area contributed by atoms with Crippen LogP contribution in [0.15, 0.2) is 47.8 Å². The lowest BCUT2D eigenvalue weighted by molar-refractivity contribution is -0.120. The maximum atomic E-state index is 12.3. The summed E-state index contributed by atoms with van der Waals surface area (Å²) in [5, 5.41) is 6.56. The van der Waals surface area contributed by atoms with Gasteiger partial charge in [-0.15, -0.1) is 22.7 Å². The zero-order chi connectivity index (χ0) is 20.2. The molecule has 0 radical (unpaired) electrons. The van der Waals surface area contributed by atoms with Gasteiger partial charge in [0.2, 0.25) is 5.91 Å². The zero-order valence-corrected chi connectivity index (χ0v) is 17.6. The Morgan fingerprint density at radius 2 is 1.90 bits per heavy atom. The molecule has 148 valence electrons. The number of para-hydroxylation sites is 1. The van der Waals surface area contributed by atoms with Crippen molar-refractivity contribution in [2.24, 2.45) is 0 Å². The Labute approximate surface area is 176 Å². The van der Waals surface area contributed by atoms with Crippen molar-refractivity contribution in [2.75, 3.05) is 14.2 Å². The first kappa shape index (κ1) is 19.4. The predicted molar refractivity (Wildman–Crippen MR) is 116 cm³/mol. The Kier molecular flexibility index (Phi) is 5.73. The van der Waals surface area contributed by atoms with Gasteiger partial charge in [0.1, 0.15) is 10.0 Å². The van der Waals surface area contributed by atoms with Crippen LogP contribution in [0.5, 0.6) is 11.5 Å². The quantitative estimate of drug-likeness (QED) is 0.478. The lowest BCUT2D eigenvalue weighted by atomic mass is 10.2. The van der Waals surface area contributed by atoms with Crippen LogP contribution in [0.3, 0.4) is 0 Å². The number of carbonyl (C=O) groups is 1. The minimum atomic E-state index is -0.0755. The van der Waals surface area contributed by atoms with Crippen LogP contribution in [0, 0.1) is 0 Å². The summed E-state index contributed by atoms with van der Waals surface area (Å²) in [7, 11) is 3.21. The number of amides is 1. The van der Waals surface area contributed by atoms with Crippen LogP contribution < -0.4 is 14.8 Å². The number of hydrogen-bond acceptors (Lipinski definition) is 7. The molecule has 0 spiro atoms. The van der Waals surface area contributed by atoms with E-state index in [9.17, 15) is 4.79 Å². The van der Waals surface area contributed by atoms with Crippen LogP contribution in [-0.4, -0.2) is 30.1 Å². The van der Waals surface area contributed by atoms with Crippen molar-refractivity contribution in [3.05, 3.63) is 58.5 Å². The molecule has 2 aromatic heterocycles. The highest BCUT2D eigenvalue weighted by Crippen LogP contribution is 2.33. The molecule has 0 saturated heterocycles. The van der Waals surface area contributed by atoms with Crippen molar-refractivity contribution >= 4 is 38.8 Å². The van der Waals surface area contributed by atoms with E-state index in [1.54, 1.807) is 25.6 Å². The largest absolute Gasteiger partial charge is 0.493 e. The third-order valence-electron chi connectivity index (χ3n) is 4.30. The summed E-state index contributed by atoms with van der Waals surface area (Å²) < 4.78 is 11.7. The fourth-order valence-electron chi connectivity index (χ4n) is 2.89. The van der Waals surface area contributed by atoms with E-state index >= 15 is 0 Å². The number of methoxy groups -OCH3 is 2. The number of aromatic nitrogens is 2. The minimum absolute atomic E-state index is 0.0755. The summed E-state index contributed by atoms with van der Waals surface area (Å²) in [6.07, 6.45) is 0.231. The molecule has 2 aromatic carbocycles. The van der Waals surface area contributed by atoms with Gasteiger partial charge in [-0.1, -0.05) is 12.1 Å². The van der Waals surface area contributed by atoms with E-state index in [2.05, 4.69) is 15.3 Å². The number of ether oxygens (including phenoxy) is 2. The van der Waals surface area contributed by atoms with Crippen molar-refractivity contribution in [1.29, 1.82) is 0 Å². The van der Waals surface area contributed by atoms with Crippen LogP contribution in [0.1, 0.15) is 10.7 Å². The molecule has 0 aliphatic rings. The van der Waals surface area contributed by atoms with E-state index in [0.29, 0.717) is 18.0 Å². The monoisotopic (exact) mass is 425 g/mol. The summed E-state index contributed by atoms with van der Waals surface area (Å²) in [4.78, 5) is 21.4. The third-order valence-corrected chi connectivity index (χ3v) is 6.28. The number of carbonyl (C=O) groups excluding carboxylic acids is 1. The molecule has 1 N–H and O–H groups in total. The van der Waals surface area contributed by atoms with Crippen LogP contribution in [0.2, 0.25) is 0 Å². The average Bonchev–Trinajstić information content (AvgIpc) is 3.38. The number of rotatable bonds is 7. The molecule has 4 aromatic rings. The van der Waals surface area contributed by atoms with Crippen LogP contribution in [-0.2, 0) is 17.8 Å². The lowest BCUT2D eigenvalue weighted by Crippen LogP contribution is -2.24. The SMILES string of the molecule is COc1ccc(-c2nc(CC(=O)NCc3nc4ccccc4s3)cs2)cc1OC. The second-order valence-electron chi connectivity index (χ2n) is 6.24. The molecule has 0 saturated carbocycles. The minimum Gasteiger partial charge on any atom is -0.493 e. The number of nitrogens with zero attached hydrogens (tertiary/aromatic N) is 2. The highest BCUT2D eigenvalue weighted by atomic mass is 32.1. The number of thiazole rings is 2. The molecule has 8 heteroatoms. The maximum Gasteiger partial charge on any atom is 0.226 e. The predicted octanol–water partition coefficient (Wildman–Crippen LogP) is 4.30. The van der Waals surface area contributed by atoms with Crippen molar-refractivity contribution in [2.45, 2.75) is 13.0 Å². The smallest absolute Gasteiger partial charge is 0.226 e. The molecule has 0 unspecified atom stereocenters. The van der Waals surface area contributed by atoms with Gasteiger partial charge in [-0.2, -0.15) is 0 Å². The Balaban J connectivity index is 1.39. The first-order chi connectivity index (χ1) is 14.2. The molecule has 0 aliphatic carbocycles. The first-order valence-corrected chi connectivity index (χ1v) is 10.6. The molecule has 1 amide bonds. The van der Waals surface area contributed by atoms with E-state index in [1.165, 1.54) is 11.3 Å². The number of hydrogen-bond donors (Lipinski definition) is 1. The molecular formula is C21H19N3O3S2. The molecule has 29 heavy (non-hydrogen) atoms. The van der Waals surface area contributed by atoms with Crippen LogP contribution in [0.4, 0.5) is 0 Å². The highest BCUT2D eigenvalue weighted by Gasteiger charge is 2.12. The van der Waals surface area contributed by atoms with Crippen molar-refractivity contribution in [1.82, 2.24) is 15.3 Å². The molecule has 0 bridgehead atoms. The molecule has 0 atom stereocenters. The van der Waals surface area contributed by atoms with Crippen LogP contribution >= 0.6 is 22.7 Å². The van der Waals surface area contributed by atoms with E-state index in [1.807, 2.05) is 47.8 Å². The molecule has 6 nitrogen and oxygen atoms in total. The second kappa shape index (κ2) is 8.59. The van der Waals surface area contributed by atoms with E-state index < -0.39 is 0 Å². The summed E-state index contributed by atoms with van der Waals surface area (Å²) in [5.41, 5.74) is 2.62. The van der Waals surface area contributed by atoms with Gasteiger partial charge >= 0.3 is 0 Å². The van der Waals surface area contributed by atoms with Crippen molar-refractivity contribution in [3.63, 3.8) is 0 Å². The van der Waals surface area contributed by atoms with Gasteiger partial charge in [0.05, 0.1) is 43.1 Å². The molecular weight excluding hydrogens is 406 g/mol. The lowest BCUT2D eigenvalue weighted by Gasteiger charge is -2.08. The summed E-state index contributed by atoms with van der Waals surface area (Å²) >= 11 is 3.09. The number of nitrogens with one attached hydrogen (secondary N) is 1. The van der Waals surface area contributed by atoms with Gasteiger partial charge in [-0.25, -0.2) is 9.97 Å². The highest BCUT2D eigenvalue weighted by molar-refractivity contribution is 7.18. The molecule has 4 rings (SSSR count). The number of fused-ring (bicyclic) bond motifs is 1. The third kappa shape index (κ3) is 4.38. The molecule has 0 fully saturated rings. The van der Waals surface area contributed by atoms with Gasteiger partial charge in [-0.3, -0.25) is 4.79 Å². The Bertz CT molecular complexity index is 1120. The maximum absolute atomic E-state index is 12.3. The second-order valence-corrected chi connectivity index (χ2v) is 8.22. The first-order valence-electron chi connectivity index (χ1n) is 8.94. The van der Waals surface area contributed by atoms with Gasteiger partial charge < -0.3 is 14.8 Å². The van der Waals surface area contributed by atoms with Gasteiger partial charge in [0.25, 0.3) is 0 Å². The van der Waals surface area contributed by atoms with Gasteiger partial charge in [0, 0.05) is 10.9 Å². The van der Waals surface area contributed by atoms with Crippen LogP contribution in [0.25, 0.3) is 20.8 Å². The number of benzene rings is 2. The average molecular weight is 426 g/mol. The fraction of sp³-hybridized carbons (Fsp3) is 0.190. The van der Waals surface area contributed by atoms with E-state index in [-0.39, 0.29) is 12.3 Å². The zero-order valence-electron chi connectivity index (χ0n) is 16.0. The fourth-order valence-corrected chi connectivity index (χ4v) is 4.61. The Morgan fingerprint density at radius 3 is 2.69 bits per heavy atom. The normalized spacial score (nSPS) is 10.8. The van der Waals surface area contributed by atoms with Crippen molar-refractivity contribution < 1.29 is 14.3 Å². The van der Waals surface area contributed by atoms with Gasteiger partial charge in [-0.05, 0) is 30.3 Å². The summed E-state index contributed by atoms with van der Waals surface area (Å²) in [6, 6.07) is 13.6. The molecule has 0 aliphatic heterocycles. The topological polar surface area (TPSA) is 73.3 Å². The van der Waals surface area contributed by atoms with Gasteiger partial charge in [0.15, 0.2) is 11.5 Å². The van der Waals surface area contributed by atoms with E-state index in [0.717, 1.165) is 31.5 Å². The summed E-state index contributed by atoms with van der Waals surface area (Å²) in [6.45, 7) is 0.421. The molecule has 2 heterocycles. The Hall–Kier alpha value is -2.97. The summed E-state index contributed by atoms with van der Waals surface area (Å²) in [5.74, 6) is 1.24. The Morgan fingerprint density at radius 1 is 1.07 bits per heavy atom. The van der Waals surface area contributed by atoms with E-state index in [4.69, 9.17) is 9.47 Å². The van der Waals surface area contributed by atoms with Crippen molar-refractivity contribution in [3.8, 4) is 22.1 Å². The standard InChI is InChI=1S/C21H19N3O3S2/c1-26-16-8-7-13(9-17(16)27-2)21-23-14(12-28-21)10-19(25)22-11-20-24-15-5-3-4-6-18(15)29-20/h3-9,12H,10-11H2,1-2H3,(H,22,25).